The Balaban J connectivity index is 1.98. The normalized spacial score (nSPS) is 21.4. The van der Waals surface area contributed by atoms with Crippen molar-refractivity contribution in [3.05, 3.63) is 21.4 Å². The van der Waals surface area contributed by atoms with E-state index in [0.717, 1.165) is 19.1 Å². The van der Waals surface area contributed by atoms with Gasteiger partial charge in [0.2, 0.25) is 0 Å². The summed E-state index contributed by atoms with van der Waals surface area (Å²) in [5.41, 5.74) is 1.55. The molecule has 0 bridgehead atoms. The molecule has 0 radical (unpaired) electrons. The molecule has 102 valence electrons. The monoisotopic (exact) mass is 266 g/mol. The van der Waals surface area contributed by atoms with Crippen LogP contribution in [0.2, 0.25) is 0 Å². The van der Waals surface area contributed by atoms with Gasteiger partial charge in [-0.05, 0) is 64.9 Å². The van der Waals surface area contributed by atoms with Crippen LogP contribution in [-0.4, -0.2) is 31.1 Å². The largest absolute Gasteiger partial charge is 0.320 e. The van der Waals surface area contributed by atoms with E-state index in [0.29, 0.717) is 0 Å². The van der Waals surface area contributed by atoms with Gasteiger partial charge in [-0.15, -0.1) is 11.3 Å². The van der Waals surface area contributed by atoms with Crippen molar-refractivity contribution in [2.24, 2.45) is 0 Å². The summed E-state index contributed by atoms with van der Waals surface area (Å²) >= 11 is 1.94. The second-order valence-electron chi connectivity index (χ2n) is 5.45. The highest BCUT2D eigenvalue weighted by molar-refractivity contribution is 7.12. The first-order valence-corrected chi connectivity index (χ1v) is 7.97. The van der Waals surface area contributed by atoms with E-state index in [1.165, 1.54) is 42.0 Å². The highest BCUT2D eigenvalue weighted by Crippen LogP contribution is 2.26. The lowest BCUT2D eigenvalue weighted by molar-refractivity contribution is 0.132. The highest BCUT2D eigenvalue weighted by Gasteiger charge is 2.22. The van der Waals surface area contributed by atoms with Crippen molar-refractivity contribution in [1.82, 2.24) is 10.2 Å². The number of hydrogen-bond donors (Lipinski definition) is 1. The standard InChI is InChI=1S/C15H26N2S/c1-12-10-14(13(2)18-12)11-17-9-5-4-6-15(17)7-8-16-3/h10,15-16H,4-9,11H2,1-3H3. The zero-order valence-electron chi connectivity index (χ0n) is 12.0. The summed E-state index contributed by atoms with van der Waals surface area (Å²) in [7, 11) is 2.06. The number of thiophene rings is 1. The van der Waals surface area contributed by atoms with Crippen molar-refractivity contribution < 1.29 is 0 Å². The van der Waals surface area contributed by atoms with Crippen molar-refractivity contribution in [3.8, 4) is 0 Å². The molecule has 1 unspecified atom stereocenters. The Bertz CT molecular complexity index is 373. The number of nitrogens with one attached hydrogen (secondary N) is 1. The van der Waals surface area contributed by atoms with Gasteiger partial charge < -0.3 is 5.32 Å². The van der Waals surface area contributed by atoms with Gasteiger partial charge in [0.1, 0.15) is 0 Å². The number of rotatable bonds is 5. The molecule has 1 fully saturated rings. The number of hydrogen-bond acceptors (Lipinski definition) is 3. The van der Waals surface area contributed by atoms with Crippen molar-refractivity contribution >= 4 is 11.3 Å². The van der Waals surface area contributed by atoms with Gasteiger partial charge in [-0.25, -0.2) is 0 Å². The SMILES string of the molecule is CNCCC1CCCCN1Cc1cc(C)sc1C. The molecule has 0 aliphatic carbocycles. The Hall–Kier alpha value is -0.380. The Morgan fingerprint density at radius 3 is 2.89 bits per heavy atom. The fraction of sp³-hybridized carbons (Fsp3) is 0.733. The van der Waals surface area contributed by atoms with E-state index in [9.17, 15) is 0 Å². The van der Waals surface area contributed by atoms with Crippen LogP contribution in [0.3, 0.4) is 0 Å². The number of aryl methyl sites for hydroxylation is 2. The minimum atomic E-state index is 0.783. The Kier molecular flexibility index (Phi) is 5.22. The van der Waals surface area contributed by atoms with Crippen LogP contribution in [0.1, 0.15) is 41.0 Å². The van der Waals surface area contributed by atoms with E-state index >= 15 is 0 Å². The molecule has 1 atom stereocenters. The summed E-state index contributed by atoms with van der Waals surface area (Å²) < 4.78 is 0. The molecule has 2 rings (SSSR count). The summed E-state index contributed by atoms with van der Waals surface area (Å²) in [4.78, 5) is 5.66. The van der Waals surface area contributed by atoms with Gasteiger partial charge in [0, 0.05) is 22.3 Å². The fourth-order valence-electron chi connectivity index (χ4n) is 2.97. The molecular weight excluding hydrogens is 240 g/mol. The third-order valence-electron chi connectivity index (χ3n) is 3.99. The van der Waals surface area contributed by atoms with E-state index in [-0.39, 0.29) is 0 Å². The summed E-state index contributed by atoms with van der Waals surface area (Å²) in [5.74, 6) is 0. The number of nitrogens with zero attached hydrogens (tertiary/aromatic N) is 1. The van der Waals surface area contributed by atoms with Gasteiger partial charge in [0.05, 0.1) is 0 Å². The average Bonchev–Trinajstić information content (AvgIpc) is 2.67. The molecule has 0 saturated carbocycles. The summed E-state index contributed by atoms with van der Waals surface area (Å²) in [6.45, 7) is 8.06. The topological polar surface area (TPSA) is 15.3 Å². The van der Waals surface area contributed by atoms with E-state index in [4.69, 9.17) is 0 Å². The van der Waals surface area contributed by atoms with Crippen LogP contribution in [0.25, 0.3) is 0 Å². The minimum absolute atomic E-state index is 0.783. The maximum absolute atomic E-state index is 3.29. The van der Waals surface area contributed by atoms with Gasteiger partial charge >= 0.3 is 0 Å². The summed E-state index contributed by atoms with van der Waals surface area (Å²) in [5, 5.41) is 3.29. The van der Waals surface area contributed by atoms with Crippen molar-refractivity contribution in [2.45, 2.75) is 52.1 Å². The molecule has 18 heavy (non-hydrogen) atoms. The van der Waals surface area contributed by atoms with Crippen LogP contribution in [0.15, 0.2) is 6.07 Å². The average molecular weight is 266 g/mol. The van der Waals surface area contributed by atoms with E-state index in [2.05, 4.69) is 37.2 Å². The zero-order valence-corrected chi connectivity index (χ0v) is 12.8. The molecule has 2 heterocycles. The third kappa shape index (κ3) is 3.56. The van der Waals surface area contributed by atoms with Crippen LogP contribution in [-0.2, 0) is 6.54 Å². The van der Waals surface area contributed by atoms with E-state index < -0.39 is 0 Å². The molecule has 1 aliphatic rings. The van der Waals surface area contributed by atoms with Crippen LogP contribution in [0, 0.1) is 13.8 Å². The highest BCUT2D eigenvalue weighted by atomic mass is 32.1. The molecule has 3 heteroatoms. The first kappa shape index (κ1) is 14.0. The second kappa shape index (κ2) is 6.69. The van der Waals surface area contributed by atoms with Crippen LogP contribution in [0.4, 0.5) is 0 Å². The molecular formula is C15H26N2S. The number of piperidine rings is 1. The lowest BCUT2D eigenvalue weighted by Gasteiger charge is -2.35. The molecule has 1 N–H and O–H groups in total. The van der Waals surface area contributed by atoms with Crippen LogP contribution < -0.4 is 5.32 Å². The van der Waals surface area contributed by atoms with Crippen molar-refractivity contribution in [3.63, 3.8) is 0 Å². The molecule has 2 nitrogen and oxygen atoms in total. The molecule has 1 saturated heterocycles. The Morgan fingerprint density at radius 2 is 2.22 bits per heavy atom. The van der Waals surface area contributed by atoms with Crippen molar-refractivity contribution in [1.29, 1.82) is 0 Å². The van der Waals surface area contributed by atoms with Gasteiger partial charge in [0.15, 0.2) is 0 Å². The predicted molar refractivity (Wildman–Crippen MR) is 80.4 cm³/mol. The lowest BCUT2D eigenvalue weighted by Crippen LogP contribution is -2.40. The minimum Gasteiger partial charge on any atom is -0.320 e. The first-order chi connectivity index (χ1) is 8.70. The van der Waals surface area contributed by atoms with Crippen LogP contribution >= 0.6 is 11.3 Å². The molecule has 0 amide bonds. The van der Waals surface area contributed by atoms with Crippen molar-refractivity contribution in [2.75, 3.05) is 20.1 Å². The summed E-state index contributed by atoms with van der Waals surface area (Å²) in [6, 6.07) is 3.16. The maximum atomic E-state index is 3.29. The van der Waals surface area contributed by atoms with Gasteiger partial charge in [-0.1, -0.05) is 6.42 Å². The Morgan fingerprint density at radius 1 is 1.39 bits per heavy atom. The van der Waals surface area contributed by atoms with Crippen LogP contribution in [0.5, 0.6) is 0 Å². The van der Waals surface area contributed by atoms with Gasteiger partial charge in [0.25, 0.3) is 0 Å². The molecule has 1 aromatic rings. The molecule has 1 aliphatic heterocycles. The maximum Gasteiger partial charge on any atom is 0.0247 e. The smallest absolute Gasteiger partial charge is 0.0247 e. The summed E-state index contributed by atoms with van der Waals surface area (Å²) in [6.07, 6.45) is 5.45. The molecule has 0 spiro atoms. The third-order valence-corrected chi connectivity index (χ3v) is 5.00. The zero-order chi connectivity index (χ0) is 13.0. The molecule has 0 aromatic carbocycles. The van der Waals surface area contributed by atoms with Gasteiger partial charge in [-0.2, -0.15) is 0 Å². The first-order valence-electron chi connectivity index (χ1n) is 7.15. The van der Waals surface area contributed by atoms with Gasteiger partial charge in [-0.3, -0.25) is 4.90 Å². The Labute approximate surface area is 115 Å². The predicted octanol–water partition coefficient (Wildman–Crippen LogP) is 3.33. The molecule has 1 aromatic heterocycles. The number of likely N-dealkylation sites (tertiary alicyclic amines) is 1. The fourth-order valence-corrected chi connectivity index (χ4v) is 3.90. The quantitative estimate of drug-likeness (QED) is 0.879. The lowest BCUT2D eigenvalue weighted by atomic mass is 9.98. The van der Waals surface area contributed by atoms with E-state index in [1.807, 2.05) is 11.3 Å². The second-order valence-corrected chi connectivity index (χ2v) is 6.91. The van der Waals surface area contributed by atoms with E-state index in [1.54, 1.807) is 5.56 Å².